The first-order chi connectivity index (χ1) is 8.47. The lowest BCUT2D eigenvalue weighted by atomic mass is 9.97. The first-order valence-corrected chi connectivity index (χ1v) is 6.66. The molecule has 0 amide bonds. The van der Waals surface area contributed by atoms with Gasteiger partial charge in [0.05, 0.1) is 11.7 Å². The molecular weight excluding hydrogens is 231 g/mol. The predicted molar refractivity (Wildman–Crippen MR) is 69.1 cm³/mol. The molecule has 2 nitrogen and oxygen atoms in total. The van der Waals surface area contributed by atoms with E-state index in [0.29, 0.717) is 11.3 Å². The number of aliphatic hydroxyl groups is 1. The van der Waals surface area contributed by atoms with E-state index in [9.17, 15) is 9.50 Å². The number of rotatable bonds is 3. The van der Waals surface area contributed by atoms with E-state index < -0.39 is 5.60 Å². The molecule has 2 rings (SSSR count). The zero-order chi connectivity index (χ0) is 13.2. The number of ether oxygens (including phenoxy) is 1. The van der Waals surface area contributed by atoms with Crippen LogP contribution in [0.3, 0.4) is 0 Å². The van der Waals surface area contributed by atoms with Crippen molar-refractivity contribution in [2.45, 2.75) is 57.7 Å². The second-order valence-corrected chi connectivity index (χ2v) is 5.58. The van der Waals surface area contributed by atoms with Crippen LogP contribution in [0.5, 0.6) is 5.75 Å². The molecule has 0 radical (unpaired) electrons. The van der Waals surface area contributed by atoms with E-state index in [2.05, 4.69) is 0 Å². The van der Waals surface area contributed by atoms with Gasteiger partial charge in [-0.25, -0.2) is 4.39 Å². The van der Waals surface area contributed by atoms with Crippen molar-refractivity contribution in [2.24, 2.45) is 0 Å². The van der Waals surface area contributed by atoms with Gasteiger partial charge in [0.2, 0.25) is 0 Å². The summed E-state index contributed by atoms with van der Waals surface area (Å²) in [6.07, 6.45) is 5.72. The lowest BCUT2D eigenvalue weighted by Gasteiger charge is -2.24. The lowest BCUT2D eigenvalue weighted by molar-refractivity contribution is 0.0779. The normalized spacial score (nSPS) is 17.8. The summed E-state index contributed by atoms with van der Waals surface area (Å²) in [5, 5.41) is 9.82. The van der Waals surface area contributed by atoms with Gasteiger partial charge in [0.1, 0.15) is 0 Å². The van der Waals surface area contributed by atoms with Crippen LogP contribution in [-0.4, -0.2) is 11.2 Å². The van der Waals surface area contributed by atoms with E-state index in [-0.39, 0.29) is 11.9 Å². The van der Waals surface area contributed by atoms with Gasteiger partial charge in [-0.3, -0.25) is 0 Å². The first kappa shape index (κ1) is 13.3. The van der Waals surface area contributed by atoms with Crippen molar-refractivity contribution in [1.82, 2.24) is 0 Å². The molecule has 0 heterocycles. The van der Waals surface area contributed by atoms with E-state index >= 15 is 0 Å². The molecule has 18 heavy (non-hydrogen) atoms. The van der Waals surface area contributed by atoms with Gasteiger partial charge in [-0.2, -0.15) is 0 Å². The summed E-state index contributed by atoms with van der Waals surface area (Å²) in [5.41, 5.74) is -0.458. The summed E-state index contributed by atoms with van der Waals surface area (Å²) in [6, 6.07) is 4.71. The zero-order valence-corrected chi connectivity index (χ0v) is 11.1. The quantitative estimate of drug-likeness (QED) is 0.887. The van der Waals surface area contributed by atoms with Crippen LogP contribution < -0.4 is 4.74 Å². The Morgan fingerprint density at radius 2 is 1.89 bits per heavy atom. The Morgan fingerprint density at radius 3 is 2.44 bits per heavy atom. The third-order valence-corrected chi connectivity index (χ3v) is 3.48. The Labute approximate surface area is 108 Å². The van der Waals surface area contributed by atoms with Crippen molar-refractivity contribution >= 4 is 0 Å². The average Bonchev–Trinajstić information content (AvgIpc) is 2.32. The Morgan fingerprint density at radius 1 is 1.22 bits per heavy atom. The molecule has 0 spiro atoms. The van der Waals surface area contributed by atoms with Crippen molar-refractivity contribution in [3.63, 3.8) is 0 Å². The van der Waals surface area contributed by atoms with Crippen LogP contribution in [-0.2, 0) is 5.60 Å². The van der Waals surface area contributed by atoms with E-state index in [1.807, 2.05) is 0 Å². The monoisotopic (exact) mass is 252 g/mol. The molecule has 1 N–H and O–H groups in total. The van der Waals surface area contributed by atoms with Crippen LogP contribution in [0.15, 0.2) is 18.2 Å². The Balaban J connectivity index is 2.09. The first-order valence-electron chi connectivity index (χ1n) is 6.66. The molecule has 1 saturated carbocycles. The van der Waals surface area contributed by atoms with Crippen molar-refractivity contribution in [1.29, 1.82) is 0 Å². The minimum absolute atomic E-state index is 0.140. The van der Waals surface area contributed by atoms with Crippen LogP contribution in [0.2, 0.25) is 0 Å². The maximum absolute atomic E-state index is 13.9. The molecule has 1 aromatic rings. The van der Waals surface area contributed by atoms with Gasteiger partial charge in [-0.15, -0.1) is 0 Å². The molecular formula is C15H21FO2. The molecule has 0 aromatic heterocycles. The average molecular weight is 252 g/mol. The van der Waals surface area contributed by atoms with Gasteiger partial charge in [0.15, 0.2) is 11.6 Å². The highest BCUT2D eigenvalue weighted by Gasteiger charge is 2.20. The van der Waals surface area contributed by atoms with Gasteiger partial charge in [0.25, 0.3) is 0 Å². The van der Waals surface area contributed by atoms with E-state index in [1.54, 1.807) is 26.0 Å². The molecule has 3 heteroatoms. The van der Waals surface area contributed by atoms with Crippen molar-refractivity contribution in [2.75, 3.05) is 0 Å². The fourth-order valence-corrected chi connectivity index (χ4v) is 2.34. The van der Waals surface area contributed by atoms with Gasteiger partial charge in [-0.1, -0.05) is 12.5 Å². The van der Waals surface area contributed by atoms with Crippen molar-refractivity contribution in [3.05, 3.63) is 29.6 Å². The minimum Gasteiger partial charge on any atom is -0.487 e. The molecule has 1 aliphatic carbocycles. The molecule has 0 bridgehead atoms. The summed E-state index contributed by atoms with van der Waals surface area (Å²) in [4.78, 5) is 0. The smallest absolute Gasteiger partial charge is 0.165 e. The van der Waals surface area contributed by atoms with Crippen LogP contribution in [0.25, 0.3) is 0 Å². The van der Waals surface area contributed by atoms with Crippen molar-refractivity contribution < 1.29 is 14.2 Å². The molecule has 0 saturated heterocycles. The lowest BCUT2D eigenvalue weighted by Crippen LogP contribution is -2.21. The van der Waals surface area contributed by atoms with Gasteiger partial charge < -0.3 is 9.84 Å². The summed E-state index contributed by atoms with van der Waals surface area (Å²) >= 11 is 0. The largest absolute Gasteiger partial charge is 0.487 e. The molecule has 1 fully saturated rings. The Hall–Kier alpha value is -1.09. The second kappa shape index (κ2) is 5.27. The summed E-state index contributed by atoms with van der Waals surface area (Å²) in [6.45, 7) is 3.28. The zero-order valence-electron chi connectivity index (χ0n) is 11.1. The summed E-state index contributed by atoms with van der Waals surface area (Å²) in [7, 11) is 0. The molecule has 1 aromatic carbocycles. The highest BCUT2D eigenvalue weighted by atomic mass is 19.1. The van der Waals surface area contributed by atoms with E-state index in [4.69, 9.17) is 4.74 Å². The highest BCUT2D eigenvalue weighted by Crippen LogP contribution is 2.28. The third kappa shape index (κ3) is 3.22. The van der Waals surface area contributed by atoms with Crippen LogP contribution in [0, 0.1) is 5.82 Å². The molecule has 0 unspecified atom stereocenters. The summed E-state index contributed by atoms with van der Waals surface area (Å²) < 4.78 is 19.6. The third-order valence-electron chi connectivity index (χ3n) is 3.48. The standard InChI is InChI=1S/C15H21FO2/c1-15(2,17)11-8-9-14(13(16)10-11)18-12-6-4-3-5-7-12/h8-10,12,17H,3-7H2,1-2H3. The Bertz CT molecular complexity index is 403. The van der Waals surface area contributed by atoms with Crippen LogP contribution in [0.4, 0.5) is 4.39 Å². The van der Waals surface area contributed by atoms with Gasteiger partial charge in [-0.05, 0) is 57.2 Å². The van der Waals surface area contributed by atoms with E-state index in [0.717, 1.165) is 25.7 Å². The second-order valence-electron chi connectivity index (χ2n) is 5.58. The SMILES string of the molecule is CC(C)(O)c1ccc(OC2CCCCC2)c(F)c1. The van der Waals surface area contributed by atoms with Crippen molar-refractivity contribution in [3.8, 4) is 5.75 Å². The maximum Gasteiger partial charge on any atom is 0.165 e. The highest BCUT2D eigenvalue weighted by molar-refractivity contribution is 5.32. The topological polar surface area (TPSA) is 29.5 Å². The van der Waals surface area contributed by atoms with Crippen LogP contribution >= 0.6 is 0 Å². The molecule has 100 valence electrons. The van der Waals surface area contributed by atoms with Gasteiger partial charge in [0, 0.05) is 0 Å². The fraction of sp³-hybridized carbons (Fsp3) is 0.600. The minimum atomic E-state index is -1.02. The number of benzene rings is 1. The number of hydrogen-bond acceptors (Lipinski definition) is 2. The molecule has 0 atom stereocenters. The fourth-order valence-electron chi connectivity index (χ4n) is 2.34. The Kier molecular flexibility index (Phi) is 3.91. The van der Waals surface area contributed by atoms with E-state index in [1.165, 1.54) is 12.5 Å². The summed E-state index contributed by atoms with van der Waals surface area (Å²) in [5.74, 6) is -0.0879. The molecule has 1 aliphatic rings. The van der Waals surface area contributed by atoms with Gasteiger partial charge >= 0.3 is 0 Å². The maximum atomic E-state index is 13.9. The number of hydrogen-bond donors (Lipinski definition) is 1. The molecule has 0 aliphatic heterocycles. The number of halogens is 1. The predicted octanol–water partition coefficient (Wildman–Crippen LogP) is 3.76. The van der Waals surface area contributed by atoms with Crippen LogP contribution in [0.1, 0.15) is 51.5 Å².